The number of hydrogen-bond acceptors (Lipinski definition) is 6. The highest BCUT2D eigenvalue weighted by Gasteiger charge is 2.39. The smallest absolute Gasteiger partial charge is 0.372 e. The summed E-state index contributed by atoms with van der Waals surface area (Å²) in [6.45, 7) is 3.10. The van der Waals surface area contributed by atoms with Gasteiger partial charge in [-0.2, -0.15) is 18.3 Å². The lowest BCUT2D eigenvalue weighted by atomic mass is 10.0. The Hall–Kier alpha value is -5.44. The first-order valence-corrected chi connectivity index (χ1v) is 15.1. The highest BCUT2D eigenvalue weighted by atomic mass is 32.1. The van der Waals surface area contributed by atoms with Crippen LogP contribution < -0.4 is 21.7 Å². The third kappa shape index (κ3) is 10.0. The van der Waals surface area contributed by atoms with Crippen molar-refractivity contribution in [3.05, 3.63) is 125 Å². The van der Waals surface area contributed by atoms with Gasteiger partial charge in [0, 0.05) is 30.5 Å². The zero-order chi connectivity index (χ0) is 36.4. The molecule has 0 radical (unpaired) electrons. The van der Waals surface area contributed by atoms with Crippen LogP contribution in [-0.2, 0) is 33.4 Å². The number of aromatic nitrogens is 2. The van der Waals surface area contributed by atoms with Crippen molar-refractivity contribution in [2.45, 2.75) is 37.7 Å². The molecule has 4 amide bonds. The number of alkyl halides is 3. The van der Waals surface area contributed by atoms with Gasteiger partial charge < -0.3 is 16.8 Å². The average Bonchev–Trinajstić information content (AvgIpc) is 3.39. The lowest BCUT2D eigenvalue weighted by Gasteiger charge is -2.32. The SMILES string of the molecule is CCN(C(=O)C(C)(S)NC(=O)c1cccc(C(F)(F)F)c1)c1c(Cc2ccc(F)cc2)c(C/C=C/C(N)=O)nn1-c1ccccc1.NC=O. The molecule has 0 spiro atoms. The Bertz CT molecular complexity index is 1810. The van der Waals surface area contributed by atoms with Crippen LogP contribution in [0.1, 0.15) is 46.6 Å². The molecule has 3 aromatic carbocycles. The van der Waals surface area contributed by atoms with Crippen LogP contribution in [0.4, 0.5) is 23.4 Å². The number of benzene rings is 3. The van der Waals surface area contributed by atoms with Crippen LogP contribution in [0.2, 0.25) is 0 Å². The first-order valence-electron chi connectivity index (χ1n) is 14.7. The van der Waals surface area contributed by atoms with Gasteiger partial charge in [0.1, 0.15) is 11.6 Å². The van der Waals surface area contributed by atoms with Crippen molar-refractivity contribution in [1.29, 1.82) is 0 Å². The van der Waals surface area contributed by atoms with Gasteiger partial charge in [0.25, 0.3) is 11.8 Å². The monoisotopic (exact) mass is 698 g/mol. The summed E-state index contributed by atoms with van der Waals surface area (Å²) in [6.07, 6.45) is -1.33. The van der Waals surface area contributed by atoms with E-state index in [0.29, 0.717) is 34.4 Å². The van der Waals surface area contributed by atoms with Gasteiger partial charge in [-0.1, -0.05) is 42.5 Å². The molecule has 0 aliphatic carbocycles. The first kappa shape index (κ1) is 38.0. The topological polar surface area (TPSA) is 153 Å². The van der Waals surface area contributed by atoms with Crippen LogP contribution in [0.3, 0.4) is 0 Å². The molecule has 0 bridgehead atoms. The van der Waals surface area contributed by atoms with E-state index in [1.165, 1.54) is 42.2 Å². The summed E-state index contributed by atoms with van der Waals surface area (Å²) in [7, 11) is 0. The second-order valence-electron chi connectivity index (χ2n) is 10.6. The summed E-state index contributed by atoms with van der Waals surface area (Å²) < 4.78 is 55.2. The molecule has 5 N–H and O–H groups in total. The van der Waals surface area contributed by atoms with Crippen LogP contribution in [-0.4, -0.2) is 45.3 Å². The van der Waals surface area contributed by atoms with Crippen LogP contribution in [0.15, 0.2) is 91.0 Å². The minimum atomic E-state index is -4.67. The van der Waals surface area contributed by atoms with E-state index >= 15 is 0 Å². The number of para-hydroxylation sites is 1. The quantitative estimate of drug-likeness (QED) is 0.0587. The Labute approximate surface area is 285 Å². The summed E-state index contributed by atoms with van der Waals surface area (Å²) in [5.74, 6) is -2.40. The number of amides is 4. The predicted octanol–water partition coefficient (Wildman–Crippen LogP) is 4.74. The number of rotatable bonds is 11. The normalized spacial score (nSPS) is 12.4. The summed E-state index contributed by atoms with van der Waals surface area (Å²) in [5, 5.41) is 7.25. The van der Waals surface area contributed by atoms with Crippen LogP contribution >= 0.6 is 12.6 Å². The van der Waals surface area contributed by atoms with E-state index in [-0.39, 0.29) is 31.4 Å². The Morgan fingerprint density at radius 2 is 1.65 bits per heavy atom. The molecule has 0 aliphatic heterocycles. The third-order valence-electron chi connectivity index (χ3n) is 6.97. The molecule has 0 aliphatic rings. The van der Waals surface area contributed by atoms with E-state index in [4.69, 9.17) is 15.6 Å². The summed E-state index contributed by atoms with van der Waals surface area (Å²) >= 11 is 4.47. The predicted molar refractivity (Wildman–Crippen MR) is 179 cm³/mol. The van der Waals surface area contributed by atoms with E-state index in [9.17, 15) is 31.9 Å². The summed E-state index contributed by atoms with van der Waals surface area (Å²) in [6, 6.07) is 18.5. The molecule has 0 saturated heterocycles. The Morgan fingerprint density at radius 3 is 2.22 bits per heavy atom. The van der Waals surface area contributed by atoms with Gasteiger partial charge in [-0.3, -0.25) is 24.1 Å². The molecule has 258 valence electrons. The summed E-state index contributed by atoms with van der Waals surface area (Å²) in [4.78, 5) is 46.8. The molecule has 0 fully saturated rings. The van der Waals surface area contributed by atoms with Gasteiger partial charge >= 0.3 is 6.18 Å². The zero-order valence-electron chi connectivity index (χ0n) is 26.4. The van der Waals surface area contributed by atoms with Crippen molar-refractivity contribution in [3.63, 3.8) is 0 Å². The lowest BCUT2D eigenvalue weighted by molar-refractivity contribution is -0.137. The molecule has 0 saturated carbocycles. The van der Waals surface area contributed by atoms with Crippen molar-refractivity contribution in [2.75, 3.05) is 11.4 Å². The number of carbonyl (C=O) groups is 4. The van der Waals surface area contributed by atoms with Gasteiger partial charge in [-0.25, -0.2) is 9.07 Å². The number of carbonyl (C=O) groups excluding carboxylic acids is 4. The summed E-state index contributed by atoms with van der Waals surface area (Å²) in [5.41, 5.74) is 10.5. The number of anilines is 1. The van der Waals surface area contributed by atoms with E-state index in [1.54, 1.807) is 54.1 Å². The maximum absolute atomic E-state index is 14.2. The van der Waals surface area contributed by atoms with Gasteiger partial charge in [0.05, 0.1) is 16.9 Å². The van der Waals surface area contributed by atoms with Gasteiger partial charge in [-0.05, 0) is 68.0 Å². The number of hydrogen-bond donors (Lipinski definition) is 4. The molecule has 10 nitrogen and oxygen atoms in total. The maximum atomic E-state index is 14.2. The van der Waals surface area contributed by atoms with Crippen molar-refractivity contribution >= 4 is 42.6 Å². The number of allylic oxidation sites excluding steroid dienone is 1. The van der Waals surface area contributed by atoms with Gasteiger partial charge in [0.15, 0.2) is 4.87 Å². The molecule has 1 atom stereocenters. The Morgan fingerprint density at radius 1 is 1.02 bits per heavy atom. The largest absolute Gasteiger partial charge is 0.416 e. The van der Waals surface area contributed by atoms with E-state index in [1.807, 2.05) is 0 Å². The van der Waals surface area contributed by atoms with Crippen LogP contribution in [0.25, 0.3) is 5.69 Å². The van der Waals surface area contributed by atoms with Crippen molar-refractivity contribution in [2.24, 2.45) is 11.5 Å². The molecule has 1 aromatic heterocycles. The molecule has 4 rings (SSSR count). The van der Waals surface area contributed by atoms with Crippen LogP contribution in [0, 0.1) is 5.82 Å². The lowest BCUT2D eigenvalue weighted by Crippen LogP contribution is -2.55. The zero-order valence-corrected chi connectivity index (χ0v) is 27.3. The fourth-order valence-corrected chi connectivity index (χ4v) is 5.01. The van der Waals surface area contributed by atoms with E-state index in [2.05, 4.69) is 23.7 Å². The number of thiol groups is 1. The minimum absolute atomic E-state index is 0.0694. The average molecular weight is 699 g/mol. The number of nitrogens with zero attached hydrogens (tertiary/aromatic N) is 3. The molecule has 4 aromatic rings. The molecule has 1 unspecified atom stereocenters. The van der Waals surface area contributed by atoms with Gasteiger partial charge in [0.2, 0.25) is 12.3 Å². The first-order chi connectivity index (χ1) is 23.1. The number of primary amides is 2. The molecular weight excluding hydrogens is 664 g/mol. The standard InChI is InChI=1S/C33H31F4N5O3S.CH3NO/c1-3-41(31(45)32(2,46)39-29(44)22-9-7-10-23(20-22)33(35,36)37)30-26(19-21-15-17-24(34)18-16-21)27(13-8-14-28(38)43)40-42(30)25-11-5-4-6-12-25;2-1-3/h4-12,14-18,20,46H,3,13,19H2,1-2H3,(H2,38,43)(H,39,44);1H,(H2,2,3)/b14-8+;. The number of nitrogens with one attached hydrogen (secondary N) is 1. The number of halogens is 4. The van der Waals surface area contributed by atoms with E-state index in [0.717, 1.165) is 12.1 Å². The Kier molecular flexibility index (Phi) is 12.9. The Balaban J connectivity index is 0.00000209. The maximum Gasteiger partial charge on any atom is 0.416 e. The van der Waals surface area contributed by atoms with E-state index < -0.39 is 40.1 Å². The molecular formula is C34H34F4N6O4S. The van der Waals surface area contributed by atoms with Crippen molar-refractivity contribution in [1.82, 2.24) is 15.1 Å². The molecule has 1 heterocycles. The minimum Gasteiger partial charge on any atom is -0.372 e. The highest BCUT2D eigenvalue weighted by Crippen LogP contribution is 2.33. The second-order valence-corrected chi connectivity index (χ2v) is 11.5. The van der Waals surface area contributed by atoms with Crippen molar-refractivity contribution in [3.8, 4) is 5.69 Å². The fraction of sp³-hybridized carbons (Fsp3) is 0.206. The molecule has 15 heteroatoms. The highest BCUT2D eigenvalue weighted by molar-refractivity contribution is 7.82. The van der Waals surface area contributed by atoms with Crippen LogP contribution in [0.5, 0.6) is 0 Å². The fourth-order valence-electron chi connectivity index (χ4n) is 4.79. The van der Waals surface area contributed by atoms with Gasteiger partial charge in [-0.15, -0.1) is 12.6 Å². The molecule has 49 heavy (non-hydrogen) atoms. The van der Waals surface area contributed by atoms with Crippen molar-refractivity contribution < 1.29 is 36.7 Å². The number of likely N-dealkylation sites (N-methyl/N-ethyl adjacent to an activating group) is 1. The number of nitrogens with two attached hydrogens (primary N) is 2. The third-order valence-corrected chi connectivity index (χ3v) is 7.27. The second kappa shape index (κ2) is 16.6.